The molecule has 0 N–H and O–H groups in total. The van der Waals surface area contributed by atoms with E-state index in [4.69, 9.17) is 28.4 Å². The van der Waals surface area contributed by atoms with Crippen LogP contribution in [0, 0.1) is 6.92 Å². The predicted molar refractivity (Wildman–Crippen MR) is 109 cm³/mol. The highest BCUT2D eigenvalue weighted by Crippen LogP contribution is 2.31. The molecule has 0 saturated heterocycles. The highest BCUT2D eigenvalue weighted by Gasteiger charge is 2.08. The maximum atomic E-state index is 5.83. The lowest BCUT2D eigenvalue weighted by Gasteiger charge is -2.16. The van der Waals surface area contributed by atoms with Crippen molar-refractivity contribution in [3.8, 4) is 23.0 Å². The van der Waals surface area contributed by atoms with Gasteiger partial charge in [-0.15, -0.1) is 0 Å². The van der Waals surface area contributed by atoms with Crippen LogP contribution in [0.25, 0.3) is 0 Å². The molecule has 1 heterocycles. The van der Waals surface area contributed by atoms with Gasteiger partial charge in [-0.1, -0.05) is 22.0 Å². The van der Waals surface area contributed by atoms with Gasteiger partial charge in [-0.3, -0.25) is 0 Å². The summed E-state index contributed by atoms with van der Waals surface area (Å²) in [6, 6.07) is 11.5. The zero-order chi connectivity index (χ0) is 19.6. The summed E-state index contributed by atoms with van der Waals surface area (Å²) in [4.78, 5) is 0. The van der Waals surface area contributed by atoms with Crippen molar-refractivity contribution >= 4 is 15.9 Å². The molecule has 0 saturated carbocycles. The van der Waals surface area contributed by atoms with Crippen LogP contribution in [0.1, 0.15) is 5.56 Å². The summed E-state index contributed by atoms with van der Waals surface area (Å²) in [7, 11) is 0. The van der Waals surface area contributed by atoms with Crippen molar-refractivity contribution in [2.45, 2.75) is 6.92 Å². The van der Waals surface area contributed by atoms with Crippen LogP contribution in [-0.4, -0.2) is 52.9 Å². The minimum Gasteiger partial charge on any atom is -0.487 e. The number of hydrogen-bond acceptors (Lipinski definition) is 6. The van der Waals surface area contributed by atoms with Crippen LogP contribution in [-0.2, 0) is 9.47 Å². The van der Waals surface area contributed by atoms with Gasteiger partial charge in [0.15, 0.2) is 23.0 Å². The standard InChI is InChI=1S/C21H25BrO6/c1-16-2-4-18-20(14-16)27-12-8-24-9-13-28-21-15-17(22)3-5-19(21)26-11-7-23-6-10-25-18/h2-5,14-15H,6-13H2,1H3. The maximum Gasteiger partial charge on any atom is 0.162 e. The number of hydrogen-bond donors (Lipinski definition) is 0. The topological polar surface area (TPSA) is 55.4 Å². The van der Waals surface area contributed by atoms with Crippen molar-refractivity contribution in [2.24, 2.45) is 0 Å². The lowest BCUT2D eigenvalue weighted by molar-refractivity contribution is 0.0640. The third kappa shape index (κ3) is 6.58. The highest BCUT2D eigenvalue weighted by atomic mass is 79.9. The number of aryl methyl sites for hydroxylation is 1. The Morgan fingerprint density at radius 1 is 0.571 bits per heavy atom. The zero-order valence-electron chi connectivity index (χ0n) is 15.9. The molecule has 0 spiro atoms. The number of rotatable bonds is 0. The third-order valence-electron chi connectivity index (χ3n) is 3.95. The Bertz CT molecular complexity index is 690. The summed E-state index contributed by atoms with van der Waals surface area (Å²) < 4.78 is 35.3. The van der Waals surface area contributed by atoms with Crippen molar-refractivity contribution in [3.05, 3.63) is 46.4 Å². The fraction of sp³-hybridized carbons (Fsp3) is 0.429. The molecule has 0 radical (unpaired) electrons. The van der Waals surface area contributed by atoms with Crippen LogP contribution in [0.3, 0.4) is 0 Å². The molecule has 0 bridgehead atoms. The Morgan fingerprint density at radius 3 is 1.61 bits per heavy atom. The second-order valence-corrected chi connectivity index (χ2v) is 7.08. The van der Waals surface area contributed by atoms with Crippen molar-refractivity contribution in [2.75, 3.05) is 52.9 Å². The molecule has 3 rings (SSSR count). The minimum absolute atomic E-state index is 0.419. The molecule has 7 heteroatoms. The van der Waals surface area contributed by atoms with Gasteiger partial charge in [0.1, 0.15) is 26.4 Å². The summed E-state index contributed by atoms with van der Waals surface area (Å²) in [5.41, 5.74) is 1.11. The second kappa shape index (κ2) is 11.1. The first-order valence-corrected chi connectivity index (χ1v) is 10.1. The van der Waals surface area contributed by atoms with Crippen molar-refractivity contribution in [3.63, 3.8) is 0 Å². The average Bonchev–Trinajstić information content (AvgIpc) is 2.68. The van der Waals surface area contributed by atoms with Gasteiger partial charge in [-0.25, -0.2) is 0 Å². The fourth-order valence-electron chi connectivity index (χ4n) is 2.61. The molecule has 28 heavy (non-hydrogen) atoms. The number of benzene rings is 2. The largest absolute Gasteiger partial charge is 0.487 e. The van der Waals surface area contributed by atoms with Gasteiger partial charge >= 0.3 is 0 Å². The quantitative estimate of drug-likeness (QED) is 0.601. The van der Waals surface area contributed by atoms with E-state index in [1.165, 1.54) is 0 Å². The lowest BCUT2D eigenvalue weighted by atomic mass is 10.2. The van der Waals surface area contributed by atoms with E-state index >= 15 is 0 Å². The molecule has 0 fully saturated rings. The first kappa shape index (κ1) is 20.8. The fourth-order valence-corrected chi connectivity index (χ4v) is 2.95. The van der Waals surface area contributed by atoms with E-state index < -0.39 is 0 Å². The van der Waals surface area contributed by atoms with Crippen LogP contribution in [0.2, 0.25) is 0 Å². The van der Waals surface area contributed by atoms with E-state index in [-0.39, 0.29) is 0 Å². The number of fused-ring (bicyclic) bond motifs is 2. The van der Waals surface area contributed by atoms with Gasteiger partial charge in [0.05, 0.1) is 26.4 Å². The molecule has 1 aliphatic heterocycles. The molecule has 0 unspecified atom stereocenters. The first-order chi connectivity index (χ1) is 13.7. The Balaban J connectivity index is 1.60. The molecule has 6 nitrogen and oxygen atoms in total. The van der Waals surface area contributed by atoms with Crippen LogP contribution < -0.4 is 18.9 Å². The van der Waals surface area contributed by atoms with E-state index in [0.29, 0.717) is 75.9 Å². The number of halogens is 1. The summed E-state index contributed by atoms with van der Waals surface area (Å²) in [5, 5.41) is 0. The van der Waals surface area contributed by atoms with Crippen LogP contribution in [0.15, 0.2) is 40.9 Å². The molecule has 152 valence electrons. The summed E-state index contributed by atoms with van der Waals surface area (Å²) >= 11 is 3.45. The summed E-state index contributed by atoms with van der Waals surface area (Å²) in [5.74, 6) is 2.76. The van der Waals surface area contributed by atoms with Gasteiger partial charge in [0.25, 0.3) is 0 Å². The summed E-state index contributed by atoms with van der Waals surface area (Å²) in [6.07, 6.45) is 0. The Labute approximate surface area is 173 Å². The Hall–Kier alpha value is -1.96. The Kier molecular flexibility index (Phi) is 8.26. The van der Waals surface area contributed by atoms with Gasteiger partial charge < -0.3 is 28.4 Å². The molecule has 2 aromatic carbocycles. The maximum absolute atomic E-state index is 5.83. The SMILES string of the molecule is Cc1ccc2c(c1)OCCOCCOc1cc(Br)ccc1OCCOCCO2. The molecular weight excluding hydrogens is 428 g/mol. The van der Waals surface area contributed by atoms with Crippen LogP contribution in [0.5, 0.6) is 23.0 Å². The molecule has 0 atom stereocenters. The third-order valence-corrected chi connectivity index (χ3v) is 4.44. The molecule has 1 aliphatic rings. The average molecular weight is 453 g/mol. The van der Waals surface area contributed by atoms with Gasteiger partial charge in [0, 0.05) is 4.47 Å². The molecule has 0 aromatic heterocycles. The number of ether oxygens (including phenoxy) is 6. The second-order valence-electron chi connectivity index (χ2n) is 6.16. The van der Waals surface area contributed by atoms with E-state index in [2.05, 4.69) is 15.9 Å². The smallest absolute Gasteiger partial charge is 0.162 e. The Morgan fingerprint density at radius 2 is 1.04 bits per heavy atom. The predicted octanol–water partition coefficient (Wildman–Crippen LogP) is 4.02. The first-order valence-electron chi connectivity index (χ1n) is 9.29. The van der Waals surface area contributed by atoms with Crippen LogP contribution in [0.4, 0.5) is 0 Å². The van der Waals surface area contributed by atoms with Gasteiger partial charge in [0.2, 0.25) is 0 Å². The van der Waals surface area contributed by atoms with E-state index in [1.54, 1.807) is 0 Å². The monoisotopic (exact) mass is 452 g/mol. The van der Waals surface area contributed by atoms with Crippen molar-refractivity contribution < 1.29 is 28.4 Å². The highest BCUT2D eigenvalue weighted by molar-refractivity contribution is 9.10. The molecule has 0 aliphatic carbocycles. The van der Waals surface area contributed by atoms with Crippen molar-refractivity contribution in [1.29, 1.82) is 0 Å². The normalized spacial score (nSPS) is 16.6. The van der Waals surface area contributed by atoms with Gasteiger partial charge in [-0.2, -0.15) is 0 Å². The minimum atomic E-state index is 0.419. The van der Waals surface area contributed by atoms with E-state index in [0.717, 1.165) is 10.0 Å². The van der Waals surface area contributed by atoms with Gasteiger partial charge in [-0.05, 0) is 42.8 Å². The zero-order valence-corrected chi connectivity index (χ0v) is 17.5. The summed E-state index contributed by atoms with van der Waals surface area (Å²) in [6.45, 7) is 5.56. The molecular formula is C21H25BrO6. The van der Waals surface area contributed by atoms with Crippen molar-refractivity contribution in [1.82, 2.24) is 0 Å². The lowest BCUT2D eigenvalue weighted by Crippen LogP contribution is -2.15. The van der Waals surface area contributed by atoms with Crippen LogP contribution >= 0.6 is 15.9 Å². The molecule has 2 aromatic rings. The van der Waals surface area contributed by atoms with E-state index in [9.17, 15) is 0 Å². The van der Waals surface area contributed by atoms with E-state index in [1.807, 2.05) is 43.3 Å². The molecule has 0 amide bonds.